The van der Waals surface area contributed by atoms with Crippen LogP contribution in [-0.2, 0) is 9.53 Å². The number of aliphatic carboxylic acids is 1. The number of ether oxygens (including phenoxy) is 1. The minimum atomic E-state index is -0.981. The molecule has 0 bridgehead atoms. The molecule has 0 aliphatic rings. The number of hydrogen-bond acceptors (Lipinski definition) is 4. The fourth-order valence-corrected chi connectivity index (χ4v) is 2.12. The van der Waals surface area contributed by atoms with E-state index >= 15 is 0 Å². The van der Waals surface area contributed by atoms with E-state index < -0.39 is 12.3 Å². The highest BCUT2D eigenvalue weighted by Gasteiger charge is 2.01. The number of unbranched alkanes of at least 4 members (excludes halogenated alkanes) is 9. The van der Waals surface area contributed by atoms with Crippen molar-refractivity contribution in [3.63, 3.8) is 0 Å². The normalized spacial score (nSPS) is 11.4. The monoisotopic (exact) mass is 332 g/mol. The van der Waals surface area contributed by atoms with Gasteiger partial charge in [-0.25, -0.2) is 4.79 Å². The Kier molecular flexibility index (Phi) is 22.3. The van der Waals surface area contributed by atoms with Crippen LogP contribution < -0.4 is 0 Å². The van der Waals surface area contributed by atoms with Crippen LogP contribution in [0.4, 0.5) is 0 Å². The van der Waals surface area contributed by atoms with Crippen molar-refractivity contribution < 1.29 is 24.9 Å². The molecule has 0 heterocycles. The Morgan fingerprint density at radius 3 is 1.74 bits per heavy atom. The molecule has 5 heteroatoms. The van der Waals surface area contributed by atoms with E-state index in [2.05, 4.69) is 6.58 Å². The van der Waals surface area contributed by atoms with Crippen LogP contribution in [0.5, 0.6) is 0 Å². The molecule has 3 N–H and O–H groups in total. The number of hydrogen-bond donors (Lipinski definition) is 3. The van der Waals surface area contributed by atoms with Crippen LogP contribution >= 0.6 is 0 Å². The van der Waals surface area contributed by atoms with Crippen LogP contribution in [0.25, 0.3) is 0 Å². The first-order valence-corrected chi connectivity index (χ1v) is 8.84. The largest absolute Gasteiger partial charge is 0.478 e. The topological polar surface area (TPSA) is 87.0 Å². The van der Waals surface area contributed by atoms with Crippen LogP contribution in [-0.4, -0.2) is 40.8 Å². The van der Waals surface area contributed by atoms with Crippen LogP contribution in [0.3, 0.4) is 0 Å². The van der Waals surface area contributed by atoms with Gasteiger partial charge >= 0.3 is 5.97 Å². The average Bonchev–Trinajstić information content (AvgIpc) is 2.53. The molecule has 0 aromatic carbocycles. The molecule has 0 aromatic heterocycles. The standard InChI is InChI=1S/C15H32O3.C3H4O2/c1-2-18-15(17)13-11-9-7-5-3-4-6-8-10-12-14-16;1-2-3(4)5/h15-17H,2-14H2,1H3;2H,1H2,(H,4,5). The summed E-state index contributed by atoms with van der Waals surface area (Å²) >= 11 is 0. The fraction of sp³-hybridized carbons (Fsp3) is 0.833. The molecule has 5 nitrogen and oxygen atoms in total. The van der Waals surface area contributed by atoms with Crippen molar-refractivity contribution in [1.82, 2.24) is 0 Å². The van der Waals surface area contributed by atoms with Crippen LogP contribution in [0.1, 0.15) is 77.6 Å². The van der Waals surface area contributed by atoms with E-state index in [-0.39, 0.29) is 0 Å². The second kappa shape index (κ2) is 21.1. The third-order valence-electron chi connectivity index (χ3n) is 3.39. The number of carbonyl (C=O) groups is 1. The summed E-state index contributed by atoms with van der Waals surface area (Å²) in [5.41, 5.74) is 0. The Bertz CT molecular complexity index is 256. The predicted molar refractivity (Wildman–Crippen MR) is 93.3 cm³/mol. The second-order valence-electron chi connectivity index (χ2n) is 5.50. The molecular formula is C18H36O5. The maximum atomic E-state index is 9.35. The Hall–Kier alpha value is -0.910. The Morgan fingerprint density at radius 2 is 1.39 bits per heavy atom. The van der Waals surface area contributed by atoms with Crippen LogP contribution in [0.2, 0.25) is 0 Å². The van der Waals surface area contributed by atoms with Gasteiger partial charge in [-0.05, 0) is 26.2 Å². The zero-order chi connectivity index (χ0) is 17.8. The summed E-state index contributed by atoms with van der Waals surface area (Å²) in [5, 5.41) is 25.6. The zero-order valence-corrected chi connectivity index (χ0v) is 14.7. The molecule has 0 saturated carbocycles. The first-order valence-electron chi connectivity index (χ1n) is 8.84. The summed E-state index contributed by atoms with van der Waals surface area (Å²) < 4.78 is 5.07. The molecule has 0 rings (SSSR count). The minimum absolute atomic E-state index is 0.341. The third kappa shape index (κ3) is 26.3. The number of aliphatic hydroxyl groups is 2. The minimum Gasteiger partial charge on any atom is -0.478 e. The van der Waals surface area contributed by atoms with E-state index in [0.717, 1.165) is 25.3 Å². The summed E-state index contributed by atoms with van der Waals surface area (Å²) in [5.74, 6) is -0.981. The van der Waals surface area contributed by atoms with Crippen molar-refractivity contribution in [3.8, 4) is 0 Å². The number of aliphatic hydroxyl groups excluding tert-OH is 2. The lowest BCUT2D eigenvalue weighted by molar-refractivity contribution is -0.131. The van der Waals surface area contributed by atoms with Crippen molar-refractivity contribution in [2.45, 2.75) is 83.8 Å². The van der Waals surface area contributed by atoms with Crippen molar-refractivity contribution in [1.29, 1.82) is 0 Å². The Morgan fingerprint density at radius 1 is 1.00 bits per heavy atom. The highest BCUT2D eigenvalue weighted by molar-refractivity contribution is 5.78. The fourth-order valence-electron chi connectivity index (χ4n) is 2.12. The molecular weight excluding hydrogens is 296 g/mol. The molecule has 0 amide bonds. The zero-order valence-electron chi connectivity index (χ0n) is 14.7. The molecule has 0 saturated heterocycles. The van der Waals surface area contributed by atoms with Crippen LogP contribution in [0.15, 0.2) is 12.7 Å². The molecule has 0 radical (unpaired) electrons. The van der Waals surface area contributed by atoms with Gasteiger partial charge in [0.25, 0.3) is 0 Å². The van der Waals surface area contributed by atoms with Gasteiger partial charge in [-0.3, -0.25) is 0 Å². The molecule has 0 aromatic rings. The van der Waals surface area contributed by atoms with Gasteiger partial charge in [0.2, 0.25) is 0 Å². The lowest BCUT2D eigenvalue weighted by Crippen LogP contribution is -2.10. The van der Waals surface area contributed by atoms with E-state index in [4.69, 9.17) is 14.9 Å². The van der Waals surface area contributed by atoms with E-state index in [1.165, 1.54) is 51.4 Å². The van der Waals surface area contributed by atoms with E-state index in [1.807, 2.05) is 6.92 Å². The molecule has 0 fully saturated rings. The quantitative estimate of drug-likeness (QED) is 0.241. The number of carboxylic acids is 1. The molecule has 138 valence electrons. The van der Waals surface area contributed by atoms with Gasteiger partial charge in [0, 0.05) is 19.3 Å². The van der Waals surface area contributed by atoms with Crippen LogP contribution in [0, 0.1) is 0 Å². The second-order valence-corrected chi connectivity index (χ2v) is 5.50. The van der Waals surface area contributed by atoms with Gasteiger partial charge in [0.05, 0.1) is 0 Å². The van der Waals surface area contributed by atoms with Crippen molar-refractivity contribution >= 4 is 5.97 Å². The molecule has 0 aliphatic carbocycles. The van der Waals surface area contributed by atoms with Gasteiger partial charge in [-0.2, -0.15) is 0 Å². The highest BCUT2D eigenvalue weighted by Crippen LogP contribution is 2.12. The average molecular weight is 332 g/mol. The lowest BCUT2D eigenvalue weighted by Gasteiger charge is -2.09. The smallest absolute Gasteiger partial charge is 0.327 e. The van der Waals surface area contributed by atoms with Crippen molar-refractivity contribution in [3.05, 3.63) is 12.7 Å². The number of carboxylic acid groups (broad SMARTS) is 1. The summed E-state index contributed by atoms with van der Waals surface area (Å²) in [6, 6.07) is 0. The highest BCUT2D eigenvalue weighted by atomic mass is 16.6. The van der Waals surface area contributed by atoms with Crippen molar-refractivity contribution in [2.24, 2.45) is 0 Å². The summed E-state index contributed by atoms with van der Waals surface area (Å²) in [7, 11) is 0. The van der Waals surface area contributed by atoms with Gasteiger partial charge < -0.3 is 20.1 Å². The SMILES string of the molecule is C=CC(=O)O.CCOC(O)CCCCCCCCCCCCO. The van der Waals surface area contributed by atoms with E-state index in [9.17, 15) is 9.90 Å². The molecule has 0 spiro atoms. The molecule has 23 heavy (non-hydrogen) atoms. The summed E-state index contributed by atoms with van der Waals surface area (Å²) in [4.78, 5) is 9.25. The molecule has 1 unspecified atom stereocenters. The van der Waals surface area contributed by atoms with E-state index in [0.29, 0.717) is 13.2 Å². The maximum absolute atomic E-state index is 9.35. The van der Waals surface area contributed by atoms with Gasteiger partial charge in [0.15, 0.2) is 6.29 Å². The molecule has 0 aliphatic heterocycles. The van der Waals surface area contributed by atoms with Gasteiger partial charge in [0.1, 0.15) is 0 Å². The Labute approximate surface area is 141 Å². The summed E-state index contributed by atoms with van der Waals surface area (Å²) in [6.07, 6.45) is 13.3. The van der Waals surface area contributed by atoms with Crippen molar-refractivity contribution in [2.75, 3.05) is 13.2 Å². The third-order valence-corrected chi connectivity index (χ3v) is 3.39. The number of rotatable bonds is 15. The lowest BCUT2D eigenvalue weighted by atomic mass is 10.1. The Balaban J connectivity index is 0. The predicted octanol–water partition coefficient (Wildman–Crippen LogP) is 3.88. The van der Waals surface area contributed by atoms with Gasteiger partial charge in [-0.15, -0.1) is 0 Å². The van der Waals surface area contributed by atoms with E-state index in [1.54, 1.807) is 0 Å². The maximum Gasteiger partial charge on any atom is 0.327 e. The summed E-state index contributed by atoms with van der Waals surface area (Å²) in [6.45, 7) is 5.80. The first kappa shape index (κ1) is 24.3. The first-order chi connectivity index (χ1) is 11.1. The van der Waals surface area contributed by atoms with Gasteiger partial charge in [-0.1, -0.05) is 57.9 Å². The molecule has 1 atom stereocenters.